The maximum absolute atomic E-state index is 5.54. The van der Waals surface area contributed by atoms with E-state index in [1.165, 1.54) is 16.5 Å². The van der Waals surface area contributed by atoms with Crippen molar-refractivity contribution in [2.45, 2.75) is 39.7 Å². The van der Waals surface area contributed by atoms with Crippen LogP contribution in [0.4, 0.5) is 0 Å². The van der Waals surface area contributed by atoms with Crippen molar-refractivity contribution >= 4 is 40.8 Å². The average molecular weight is 458 g/mol. The summed E-state index contributed by atoms with van der Waals surface area (Å²) in [5.74, 6) is 0.877. The molecule has 0 bridgehead atoms. The summed E-state index contributed by atoms with van der Waals surface area (Å²) in [6.07, 6.45) is 4.29. The van der Waals surface area contributed by atoms with Crippen LogP contribution in [-0.2, 0) is 11.2 Å². The van der Waals surface area contributed by atoms with Gasteiger partial charge in [0.1, 0.15) is 0 Å². The van der Waals surface area contributed by atoms with Gasteiger partial charge in [0, 0.05) is 43.3 Å². The number of nitrogens with zero attached hydrogens (tertiary/aromatic N) is 1. The number of guanidine groups is 1. The number of aromatic nitrogens is 1. The van der Waals surface area contributed by atoms with E-state index in [1.54, 1.807) is 0 Å². The molecule has 0 aliphatic heterocycles. The fraction of sp³-hybridized carbons (Fsp3) is 0.526. The average Bonchev–Trinajstić information content (AvgIpc) is 2.97. The first-order valence-electron chi connectivity index (χ1n) is 8.89. The lowest BCUT2D eigenvalue weighted by molar-refractivity contribution is 0.0782. The van der Waals surface area contributed by atoms with Crippen LogP contribution in [0.3, 0.4) is 0 Å². The predicted octanol–water partition coefficient (Wildman–Crippen LogP) is 3.70. The van der Waals surface area contributed by atoms with Gasteiger partial charge in [-0.1, -0.05) is 18.2 Å². The largest absolute Gasteiger partial charge is 0.379 e. The number of benzene rings is 1. The molecule has 6 heteroatoms. The number of nitrogens with one attached hydrogen (secondary N) is 3. The van der Waals surface area contributed by atoms with Crippen molar-refractivity contribution in [3.8, 4) is 0 Å². The Morgan fingerprint density at radius 1 is 1.24 bits per heavy atom. The van der Waals surface area contributed by atoms with E-state index >= 15 is 0 Å². The second kappa shape index (κ2) is 12.1. The summed E-state index contributed by atoms with van der Waals surface area (Å²) in [7, 11) is 0. The third-order valence-electron chi connectivity index (χ3n) is 3.73. The molecule has 0 spiro atoms. The van der Waals surface area contributed by atoms with Crippen molar-refractivity contribution < 1.29 is 4.74 Å². The van der Waals surface area contributed by atoms with Crippen molar-refractivity contribution in [2.75, 3.05) is 26.2 Å². The molecule has 1 aromatic heterocycles. The van der Waals surface area contributed by atoms with Gasteiger partial charge < -0.3 is 20.4 Å². The Balaban J connectivity index is 0.00000312. The summed E-state index contributed by atoms with van der Waals surface area (Å²) in [5, 5.41) is 8.00. The van der Waals surface area contributed by atoms with E-state index < -0.39 is 0 Å². The van der Waals surface area contributed by atoms with Crippen LogP contribution < -0.4 is 10.6 Å². The van der Waals surface area contributed by atoms with E-state index in [-0.39, 0.29) is 30.1 Å². The van der Waals surface area contributed by atoms with E-state index in [2.05, 4.69) is 71.8 Å². The van der Waals surface area contributed by atoms with Crippen LogP contribution in [0.25, 0.3) is 10.9 Å². The van der Waals surface area contributed by atoms with Gasteiger partial charge in [-0.25, -0.2) is 0 Å². The number of fused-ring (bicyclic) bond motifs is 1. The molecule has 3 N–H and O–H groups in total. The monoisotopic (exact) mass is 458 g/mol. The number of halogens is 1. The van der Waals surface area contributed by atoms with Gasteiger partial charge in [-0.3, -0.25) is 4.99 Å². The molecule has 0 atom stereocenters. The topological polar surface area (TPSA) is 61.4 Å². The van der Waals surface area contributed by atoms with Crippen LogP contribution >= 0.6 is 24.0 Å². The molecule has 2 rings (SSSR count). The zero-order chi connectivity index (χ0) is 17.2. The molecule has 0 aliphatic rings. The lowest BCUT2D eigenvalue weighted by Gasteiger charge is -2.11. The SMILES string of the molecule is CCNC(=NCCCOC(C)C)NCCc1c[nH]c2ccccc12.I. The van der Waals surface area contributed by atoms with Gasteiger partial charge in [0.15, 0.2) is 5.96 Å². The number of rotatable bonds is 9. The quantitative estimate of drug-likeness (QED) is 0.233. The molecule has 5 nitrogen and oxygen atoms in total. The van der Waals surface area contributed by atoms with Gasteiger partial charge in [-0.05, 0) is 45.2 Å². The summed E-state index contributed by atoms with van der Waals surface area (Å²) >= 11 is 0. The second-order valence-corrected chi connectivity index (χ2v) is 6.07. The summed E-state index contributed by atoms with van der Waals surface area (Å²) in [6.45, 7) is 9.45. The van der Waals surface area contributed by atoms with Crippen molar-refractivity contribution in [3.05, 3.63) is 36.0 Å². The summed E-state index contributed by atoms with van der Waals surface area (Å²) in [6, 6.07) is 8.41. The number of aromatic amines is 1. The molecular weight excluding hydrogens is 427 g/mol. The molecule has 25 heavy (non-hydrogen) atoms. The van der Waals surface area contributed by atoms with Gasteiger partial charge in [-0.15, -0.1) is 24.0 Å². The first-order valence-corrected chi connectivity index (χ1v) is 8.89. The second-order valence-electron chi connectivity index (χ2n) is 6.07. The molecule has 0 radical (unpaired) electrons. The molecule has 0 saturated carbocycles. The first-order chi connectivity index (χ1) is 11.7. The number of H-pyrrole nitrogens is 1. The molecule has 0 amide bonds. The highest BCUT2D eigenvalue weighted by atomic mass is 127. The zero-order valence-electron chi connectivity index (χ0n) is 15.5. The van der Waals surface area contributed by atoms with Gasteiger partial charge in [0.2, 0.25) is 0 Å². The minimum absolute atomic E-state index is 0. The number of hydrogen-bond donors (Lipinski definition) is 3. The smallest absolute Gasteiger partial charge is 0.191 e. The van der Waals surface area contributed by atoms with Crippen molar-refractivity contribution in [3.63, 3.8) is 0 Å². The molecule has 1 heterocycles. The summed E-state index contributed by atoms with van der Waals surface area (Å²) < 4.78 is 5.54. The number of hydrogen-bond acceptors (Lipinski definition) is 2. The van der Waals surface area contributed by atoms with E-state index in [1.807, 2.05) is 0 Å². The van der Waals surface area contributed by atoms with Gasteiger partial charge in [0.25, 0.3) is 0 Å². The Bertz CT molecular complexity index is 639. The molecule has 0 aliphatic carbocycles. The minimum Gasteiger partial charge on any atom is -0.379 e. The molecular formula is C19H31IN4O. The van der Waals surface area contributed by atoms with Crippen LogP contribution in [-0.4, -0.2) is 43.3 Å². The molecule has 2 aromatic rings. The highest BCUT2D eigenvalue weighted by Gasteiger charge is 2.03. The number of para-hydroxylation sites is 1. The number of aliphatic imine (C=N–C) groups is 1. The lowest BCUT2D eigenvalue weighted by atomic mass is 10.1. The van der Waals surface area contributed by atoms with Crippen LogP contribution in [0.5, 0.6) is 0 Å². The summed E-state index contributed by atoms with van der Waals surface area (Å²) in [5.41, 5.74) is 2.53. The molecule has 0 saturated heterocycles. The van der Waals surface area contributed by atoms with Gasteiger partial charge in [0.05, 0.1) is 6.10 Å². The Hall–Kier alpha value is -1.28. The van der Waals surface area contributed by atoms with E-state index in [0.29, 0.717) is 0 Å². The summed E-state index contributed by atoms with van der Waals surface area (Å²) in [4.78, 5) is 7.92. The van der Waals surface area contributed by atoms with Crippen LogP contribution in [0.15, 0.2) is 35.5 Å². The van der Waals surface area contributed by atoms with Crippen LogP contribution in [0, 0.1) is 0 Å². The zero-order valence-corrected chi connectivity index (χ0v) is 17.8. The molecule has 0 unspecified atom stereocenters. The van der Waals surface area contributed by atoms with Crippen molar-refractivity contribution in [1.82, 2.24) is 15.6 Å². The number of ether oxygens (including phenoxy) is 1. The van der Waals surface area contributed by atoms with Crippen LogP contribution in [0.1, 0.15) is 32.8 Å². The van der Waals surface area contributed by atoms with E-state index in [9.17, 15) is 0 Å². The van der Waals surface area contributed by atoms with Crippen molar-refractivity contribution in [1.29, 1.82) is 0 Å². The Morgan fingerprint density at radius 2 is 2.04 bits per heavy atom. The molecule has 0 fully saturated rings. The van der Waals surface area contributed by atoms with Gasteiger partial charge in [-0.2, -0.15) is 0 Å². The maximum Gasteiger partial charge on any atom is 0.191 e. The lowest BCUT2D eigenvalue weighted by Crippen LogP contribution is -2.38. The Morgan fingerprint density at radius 3 is 2.80 bits per heavy atom. The highest BCUT2D eigenvalue weighted by Crippen LogP contribution is 2.17. The normalized spacial score (nSPS) is 11.6. The van der Waals surface area contributed by atoms with Crippen LogP contribution in [0.2, 0.25) is 0 Å². The fourth-order valence-electron chi connectivity index (χ4n) is 2.57. The molecule has 1 aromatic carbocycles. The third kappa shape index (κ3) is 7.64. The Labute approximate surface area is 168 Å². The van der Waals surface area contributed by atoms with E-state index in [4.69, 9.17) is 4.74 Å². The first kappa shape index (κ1) is 21.8. The predicted molar refractivity (Wildman–Crippen MR) is 117 cm³/mol. The highest BCUT2D eigenvalue weighted by molar-refractivity contribution is 14.0. The standard InChI is InChI=1S/C19H30N4O.HI/c1-4-20-19(21-11-7-13-24-15(2)3)22-12-10-16-14-23-18-9-6-5-8-17(16)18;/h5-6,8-9,14-15,23H,4,7,10-13H2,1-3H3,(H2,20,21,22);1H. The minimum atomic E-state index is 0. The molecule has 140 valence electrons. The maximum atomic E-state index is 5.54. The fourth-order valence-corrected chi connectivity index (χ4v) is 2.57. The Kier molecular flexibility index (Phi) is 10.6. The third-order valence-corrected chi connectivity index (χ3v) is 3.73. The van der Waals surface area contributed by atoms with Crippen molar-refractivity contribution in [2.24, 2.45) is 4.99 Å². The van der Waals surface area contributed by atoms with E-state index in [0.717, 1.165) is 45.0 Å². The van der Waals surface area contributed by atoms with Gasteiger partial charge >= 0.3 is 0 Å².